The van der Waals surface area contributed by atoms with Crippen molar-refractivity contribution >= 4 is 73.4 Å². The number of hydrogen-bond acceptors (Lipinski definition) is 4. The largest absolute Gasteiger partial charge is 0.457 e. The molecule has 9 aromatic carbocycles. The summed E-state index contributed by atoms with van der Waals surface area (Å²) in [5.41, 5.74) is 16.0. The van der Waals surface area contributed by atoms with Gasteiger partial charge in [0.1, 0.15) is 17.3 Å². The van der Waals surface area contributed by atoms with E-state index in [-0.39, 0.29) is 21.7 Å². The summed E-state index contributed by atoms with van der Waals surface area (Å²) >= 11 is 0. The highest BCUT2D eigenvalue weighted by molar-refractivity contribution is 7.23. The summed E-state index contributed by atoms with van der Waals surface area (Å²) in [6.45, 7) is 27.7. The van der Waals surface area contributed by atoms with Gasteiger partial charge in [-0.1, -0.05) is 223 Å². The lowest BCUT2D eigenvalue weighted by Gasteiger charge is -2.32. The van der Waals surface area contributed by atoms with Gasteiger partial charge < -0.3 is 15.0 Å². The second-order valence-corrected chi connectivity index (χ2v) is 30.4. The van der Waals surface area contributed by atoms with Crippen molar-refractivity contribution in [1.82, 2.24) is 9.55 Å². The van der Waals surface area contributed by atoms with Gasteiger partial charge in [0.15, 0.2) is 8.07 Å². The van der Waals surface area contributed by atoms with Crippen LogP contribution in [0.2, 0.25) is 0 Å². The Morgan fingerprint density at radius 3 is 1.61 bits per heavy atom. The smallest absolute Gasteiger partial charge is 0.181 e. The first kappa shape index (κ1) is 54.2. The second kappa shape index (κ2) is 20.2. The first-order valence-electron chi connectivity index (χ1n) is 29.1. The number of hydrogen-bond donors (Lipinski definition) is 1. The molecule has 6 heteroatoms. The molecule has 1 aliphatic heterocycles. The summed E-state index contributed by atoms with van der Waals surface area (Å²) in [5, 5.41) is 11.9. The lowest BCUT2D eigenvalue weighted by molar-refractivity contribution is 0.484. The molecule has 0 spiro atoms. The molecule has 1 aliphatic rings. The minimum Gasteiger partial charge on any atom is -0.457 e. The highest BCUT2D eigenvalue weighted by atomic mass is 28.3. The van der Waals surface area contributed by atoms with Crippen LogP contribution in [0.5, 0.6) is 11.5 Å². The number of nitrogens with zero attached hydrogens (tertiary/aromatic N) is 3. The van der Waals surface area contributed by atoms with Crippen LogP contribution in [0.1, 0.15) is 105 Å². The topological polar surface area (TPSA) is 42.3 Å². The molecule has 0 saturated carbocycles. The molecule has 5 nitrogen and oxygen atoms in total. The Labute approximate surface area is 487 Å². The minimum absolute atomic E-state index is 0.0544. The number of rotatable bonds is 11. The standard InChI is InChI=1S/C76H76N4OSi/c1-73(2,3)52-39-40-77-69(46-52)80-65-37-26-38-67-70(65)71-66(80)48-58(49-68(71)82(67,59-31-19-15-20-32-59)60-33-21-16-22-34-60)81-57-30-25-29-56(47-57)78-63-35-23-24-36-64(63)79(13)72-61(50-27-17-14-18-28-50)44-55(76(10,11)12)45-62(72)51-41-53(74(4,5)6)43-54(42-51)75(7,8)9/h14-49,78H,1-13H3. The van der Waals surface area contributed by atoms with Crippen LogP contribution in [0.25, 0.3) is 49.9 Å². The summed E-state index contributed by atoms with van der Waals surface area (Å²) in [6, 6.07) is 78.5. The molecule has 0 unspecified atom stereocenters. The molecule has 11 aromatic rings. The van der Waals surface area contributed by atoms with Crippen molar-refractivity contribution in [3.05, 3.63) is 241 Å². The number of benzene rings is 9. The van der Waals surface area contributed by atoms with Crippen molar-refractivity contribution < 1.29 is 4.74 Å². The third kappa shape index (κ3) is 9.60. The molecule has 0 amide bonds. The first-order chi connectivity index (χ1) is 39.1. The lowest BCUT2D eigenvalue weighted by atomic mass is 9.77. The van der Waals surface area contributed by atoms with Crippen molar-refractivity contribution in [2.24, 2.45) is 0 Å². The Balaban J connectivity index is 0.991. The lowest BCUT2D eigenvalue weighted by Crippen LogP contribution is -2.73. The summed E-state index contributed by atoms with van der Waals surface area (Å²) in [6.07, 6.45) is 1.96. The maximum absolute atomic E-state index is 7.24. The molecular weight excluding hydrogens is 1010 g/mol. The molecule has 0 atom stereocenters. The van der Waals surface area contributed by atoms with Gasteiger partial charge in [0.2, 0.25) is 0 Å². The van der Waals surface area contributed by atoms with E-state index >= 15 is 0 Å². The van der Waals surface area contributed by atoms with Crippen LogP contribution >= 0.6 is 0 Å². The van der Waals surface area contributed by atoms with Gasteiger partial charge in [-0.25, -0.2) is 4.98 Å². The molecule has 0 bridgehead atoms. The maximum Gasteiger partial charge on any atom is 0.181 e. The van der Waals surface area contributed by atoms with Gasteiger partial charge in [0.25, 0.3) is 0 Å². The molecule has 1 N–H and O–H groups in total. The predicted molar refractivity (Wildman–Crippen MR) is 352 cm³/mol. The SMILES string of the molecule is CN(c1ccccc1Nc1cccc(Oc2cc3c4c5c(cccc5n(-c5cc(C(C)(C)C)ccn5)c4c2)[Si]3(c2ccccc2)c2ccccc2)c1)c1c(-c2ccccc2)cc(C(C)(C)C)cc1-c1cc(C(C)(C)C)cc(C(C)(C)C)c1. The molecule has 0 saturated heterocycles. The van der Waals surface area contributed by atoms with Crippen LogP contribution in [-0.4, -0.2) is 24.7 Å². The zero-order valence-electron chi connectivity index (χ0n) is 50.0. The number of ether oxygens (including phenoxy) is 1. The summed E-state index contributed by atoms with van der Waals surface area (Å²) in [7, 11) is -0.647. The second-order valence-electron chi connectivity index (χ2n) is 26.7. The van der Waals surface area contributed by atoms with Gasteiger partial charge >= 0.3 is 0 Å². The molecule has 0 fully saturated rings. The van der Waals surface area contributed by atoms with Gasteiger partial charge in [-0.15, -0.1) is 0 Å². The van der Waals surface area contributed by atoms with Crippen LogP contribution in [0.15, 0.2) is 219 Å². The molecular formula is C76H76N4OSi. The highest BCUT2D eigenvalue weighted by Crippen LogP contribution is 2.48. The van der Waals surface area contributed by atoms with E-state index in [1.807, 2.05) is 6.20 Å². The molecule has 3 heterocycles. The Hall–Kier alpha value is -8.45. The number of pyridine rings is 1. The first-order valence-corrected chi connectivity index (χ1v) is 31.1. The van der Waals surface area contributed by atoms with E-state index in [0.717, 1.165) is 51.1 Å². The fourth-order valence-electron chi connectivity index (χ4n) is 12.4. The Bertz CT molecular complexity index is 4140. The van der Waals surface area contributed by atoms with E-state index in [4.69, 9.17) is 9.72 Å². The minimum atomic E-state index is -2.87. The van der Waals surface area contributed by atoms with Crippen molar-refractivity contribution in [2.75, 3.05) is 17.3 Å². The summed E-state index contributed by atoms with van der Waals surface area (Å²) in [4.78, 5) is 7.50. The van der Waals surface area contributed by atoms with Gasteiger partial charge in [0.05, 0.1) is 28.1 Å². The normalized spacial score (nSPS) is 13.3. The van der Waals surface area contributed by atoms with Crippen molar-refractivity contribution in [1.29, 1.82) is 0 Å². The van der Waals surface area contributed by atoms with E-state index in [2.05, 4.69) is 317 Å². The van der Waals surface area contributed by atoms with Crippen LogP contribution in [0, 0.1) is 0 Å². The fourth-order valence-corrected chi connectivity index (χ4v) is 17.7. The highest BCUT2D eigenvalue weighted by Gasteiger charge is 2.49. The molecule has 12 rings (SSSR count). The molecule has 0 radical (unpaired) electrons. The zero-order valence-corrected chi connectivity index (χ0v) is 51.0. The van der Waals surface area contributed by atoms with Gasteiger partial charge in [-0.05, 0) is 136 Å². The molecule has 0 aliphatic carbocycles. The monoisotopic (exact) mass is 1090 g/mol. The third-order valence-electron chi connectivity index (χ3n) is 16.9. The van der Waals surface area contributed by atoms with Crippen LogP contribution in [0.3, 0.4) is 0 Å². The molecule has 82 heavy (non-hydrogen) atoms. The van der Waals surface area contributed by atoms with Crippen LogP contribution in [0.4, 0.5) is 22.7 Å². The molecule has 2 aromatic heterocycles. The zero-order chi connectivity index (χ0) is 57.5. The van der Waals surface area contributed by atoms with Crippen molar-refractivity contribution in [3.8, 4) is 39.6 Å². The van der Waals surface area contributed by atoms with E-state index in [9.17, 15) is 0 Å². The number of anilines is 4. The summed E-state index contributed by atoms with van der Waals surface area (Å²) in [5.74, 6) is 2.42. The van der Waals surface area contributed by atoms with Gasteiger partial charge in [0, 0.05) is 53.0 Å². The Morgan fingerprint density at radius 2 is 0.988 bits per heavy atom. The number of aromatic nitrogens is 2. The van der Waals surface area contributed by atoms with Crippen LogP contribution in [-0.2, 0) is 21.7 Å². The van der Waals surface area contributed by atoms with E-state index in [0.29, 0.717) is 0 Å². The Kier molecular flexibility index (Phi) is 13.3. The van der Waals surface area contributed by atoms with E-state index in [1.165, 1.54) is 76.0 Å². The number of nitrogens with one attached hydrogen (secondary N) is 1. The Morgan fingerprint density at radius 1 is 0.439 bits per heavy atom. The number of para-hydroxylation sites is 2. The summed E-state index contributed by atoms with van der Waals surface area (Å²) < 4.78 is 9.61. The van der Waals surface area contributed by atoms with Crippen molar-refractivity contribution in [2.45, 2.75) is 105 Å². The fraction of sp³-hybridized carbons (Fsp3) is 0.224. The van der Waals surface area contributed by atoms with E-state index < -0.39 is 8.07 Å². The van der Waals surface area contributed by atoms with Gasteiger partial charge in [-0.3, -0.25) is 4.57 Å². The average molecular weight is 1090 g/mol. The van der Waals surface area contributed by atoms with Crippen LogP contribution < -0.4 is 35.7 Å². The average Bonchev–Trinajstić information content (AvgIpc) is 3.40. The third-order valence-corrected chi connectivity index (χ3v) is 21.7. The molecule has 410 valence electrons. The maximum atomic E-state index is 7.24. The van der Waals surface area contributed by atoms with Gasteiger partial charge in [-0.2, -0.15) is 0 Å². The predicted octanol–water partition coefficient (Wildman–Crippen LogP) is 17.7. The van der Waals surface area contributed by atoms with E-state index in [1.54, 1.807) is 0 Å². The van der Waals surface area contributed by atoms with Crippen molar-refractivity contribution in [3.63, 3.8) is 0 Å². The quantitative estimate of drug-likeness (QED) is 0.131.